The Morgan fingerprint density at radius 3 is 2.21 bits per heavy atom. The van der Waals surface area contributed by atoms with Crippen molar-refractivity contribution in [3.05, 3.63) is 0 Å². The Bertz CT molecular complexity index is 166. The van der Waals surface area contributed by atoms with Gasteiger partial charge < -0.3 is 5.73 Å². The molecule has 0 aromatic rings. The number of hydrogen-bond donors (Lipinski definition) is 1. The maximum Gasteiger partial charge on any atom is 0.136 e. The van der Waals surface area contributed by atoms with Crippen molar-refractivity contribution in [1.82, 2.24) is 0 Å². The van der Waals surface area contributed by atoms with E-state index in [1.807, 2.05) is 6.92 Å². The normalized spacial score (nSPS) is 15.6. The molecule has 0 aliphatic heterocycles. The number of rotatable bonds is 7. The summed E-state index contributed by atoms with van der Waals surface area (Å²) >= 11 is 0. The predicted octanol–water partition coefficient (Wildman–Crippen LogP) is 2.61. The Hall–Kier alpha value is -0.370. The molecule has 2 heteroatoms. The minimum absolute atomic E-state index is 0.205. The maximum absolute atomic E-state index is 11.7. The highest BCUT2D eigenvalue weighted by atomic mass is 16.1. The summed E-state index contributed by atoms with van der Waals surface area (Å²) in [5.41, 5.74) is 5.66. The molecule has 0 aliphatic rings. The van der Waals surface area contributed by atoms with Crippen LogP contribution in [0.4, 0.5) is 0 Å². The summed E-state index contributed by atoms with van der Waals surface area (Å²) in [7, 11) is 0. The van der Waals surface area contributed by atoms with Gasteiger partial charge in [0.15, 0.2) is 0 Å². The van der Waals surface area contributed by atoms with E-state index < -0.39 is 0 Å². The van der Waals surface area contributed by atoms with E-state index in [9.17, 15) is 4.79 Å². The van der Waals surface area contributed by atoms with Gasteiger partial charge in [0.05, 0.1) is 0 Å². The van der Waals surface area contributed by atoms with Crippen LogP contribution in [0, 0.1) is 17.8 Å². The predicted molar refractivity (Wildman–Crippen MR) is 61.1 cm³/mol. The molecule has 0 aromatic carbocycles. The molecule has 0 rings (SSSR count). The van der Waals surface area contributed by atoms with Gasteiger partial charge in [0.1, 0.15) is 5.78 Å². The molecule has 2 unspecified atom stereocenters. The molecule has 0 bridgehead atoms. The van der Waals surface area contributed by atoms with Crippen LogP contribution in [-0.4, -0.2) is 12.3 Å². The first kappa shape index (κ1) is 13.6. The first-order valence-electron chi connectivity index (χ1n) is 5.74. The second kappa shape index (κ2) is 6.99. The highest BCUT2D eigenvalue weighted by Gasteiger charge is 2.17. The quantitative estimate of drug-likeness (QED) is 0.685. The van der Waals surface area contributed by atoms with Crippen LogP contribution in [0.25, 0.3) is 0 Å². The lowest BCUT2D eigenvalue weighted by Gasteiger charge is -2.17. The van der Waals surface area contributed by atoms with Gasteiger partial charge in [-0.2, -0.15) is 0 Å². The number of nitrogens with two attached hydrogens (primary N) is 1. The number of carbonyl (C=O) groups is 1. The average Bonchev–Trinajstić information content (AvgIpc) is 2.14. The molecule has 0 amide bonds. The highest BCUT2D eigenvalue weighted by Crippen LogP contribution is 2.17. The Labute approximate surface area is 88.3 Å². The lowest BCUT2D eigenvalue weighted by molar-refractivity contribution is -0.123. The first-order valence-corrected chi connectivity index (χ1v) is 5.74. The van der Waals surface area contributed by atoms with E-state index in [0.29, 0.717) is 30.6 Å². The van der Waals surface area contributed by atoms with Crippen molar-refractivity contribution in [1.29, 1.82) is 0 Å². The molecule has 2 atom stereocenters. The molecular weight excluding hydrogens is 174 g/mol. The topological polar surface area (TPSA) is 43.1 Å². The van der Waals surface area contributed by atoms with Crippen molar-refractivity contribution in [3.8, 4) is 0 Å². The van der Waals surface area contributed by atoms with Gasteiger partial charge in [-0.3, -0.25) is 4.79 Å². The number of Topliss-reactive ketones (excluding diaryl/α,β-unsaturated/α-hetero) is 1. The largest absolute Gasteiger partial charge is 0.330 e. The summed E-state index contributed by atoms with van der Waals surface area (Å²) in [5.74, 6) is 1.60. The summed E-state index contributed by atoms with van der Waals surface area (Å²) in [5, 5.41) is 0. The fourth-order valence-electron chi connectivity index (χ4n) is 1.64. The van der Waals surface area contributed by atoms with Crippen LogP contribution in [0.2, 0.25) is 0 Å². The molecule has 0 aliphatic carbocycles. The van der Waals surface area contributed by atoms with Crippen LogP contribution < -0.4 is 5.73 Å². The fourth-order valence-corrected chi connectivity index (χ4v) is 1.64. The minimum Gasteiger partial charge on any atom is -0.330 e. The first-order chi connectivity index (χ1) is 6.51. The van der Waals surface area contributed by atoms with Gasteiger partial charge in [-0.05, 0) is 31.2 Å². The molecule has 2 nitrogen and oxygen atoms in total. The van der Waals surface area contributed by atoms with E-state index in [0.717, 1.165) is 12.8 Å². The van der Waals surface area contributed by atoms with Crippen LogP contribution in [-0.2, 0) is 4.79 Å². The zero-order chi connectivity index (χ0) is 11.1. The summed E-state index contributed by atoms with van der Waals surface area (Å²) in [4.78, 5) is 11.7. The van der Waals surface area contributed by atoms with Gasteiger partial charge in [0.25, 0.3) is 0 Å². The lowest BCUT2D eigenvalue weighted by atomic mass is 9.88. The van der Waals surface area contributed by atoms with E-state index in [-0.39, 0.29) is 5.92 Å². The Balaban J connectivity index is 3.98. The van der Waals surface area contributed by atoms with Crippen LogP contribution in [0.15, 0.2) is 0 Å². The zero-order valence-corrected chi connectivity index (χ0v) is 10.0. The fraction of sp³-hybridized carbons (Fsp3) is 0.917. The molecular formula is C12H25NO. The SMILES string of the molecule is CCC(C)C(=O)CC(CN)CC(C)C. The third-order valence-corrected chi connectivity index (χ3v) is 2.79. The van der Waals surface area contributed by atoms with Crippen LogP contribution in [0.1, 0.15) is 47.0 Å². The second-order valence-corrected chi connectivity index (χ2v) is 4.71. The van der Waals surface area contributed by atoms with Crippen molar-refractivity contribution in [2.75, 3.05) is 6.54 Å². The van der Waals surface area contributed by atoms with Crippen LogP contribution in [0.5, 0.6) is 0 Å². The average molecular weight is 199 g/mol. The summed E-state index contributed by atoms with van der Waals surface area (Å²) in [6, 6.07) is 0. The molecule has 0 spiro atoms. The molecule has 2 N–H and O–H groups in total. The Morgan fingerprint density at radius 2 is 1.86 bits per heavy atom. The van der Waals surface area contributed by atoms with Crippen molar-refractivity contribution in [2.45, 2.75) is 47.0 Å². The highest BCUT2D eigenvalue weighted by molar-refractivity contribution is 5.80. The van der Waals surface area contributed by atoms with Crippen LogP contribution >= 0.6 is 0 Å². The molecule has 0 saturated heterocycles. The van der Waals surface area contributed by atoms with Gasteiger partial charge >= 0.3 is 0 Å². The van der Waals surface area contributed by atoms with E-state index in [1.54, 1.807) is 0 Å². The van der Waals surface area contributed by atoms with Crippen molar-refractivity contribution in [3.63, 3.8) is 0 Å². The van der Waals surface area contributed by atoms with Crippen LogP contribution in [0.3, 0.4) is 0 Å². The molecule has 0 radical (unpaired) electrons. The minimum atomic E-state index is 0.205. The summed E-state index contributed by atoms with van der Waals surface area (Å²) in [6.07, 6.45) is 2.68. The number of carbonyl (C=O) groups excluding carboxylic acids is 1. The maximum atomic E-state index is 11.7. The standard InChI is InChI=1S/C12H25NO/c1-5-10(4)12(14)7-11(8-13)6-9(2)3/h9-11H,5-8,13H2,1-4H3. The van der Waals surface area contributed by atoms with Gasteiger partial charge in [0.2, 0.25) is 0 Å². The van der Waals surface area contributed by atoms with Gasteiger partial charge in [-0.25, -0.2) is 0 Å². The number of ketones is 1. The van der Waals surface area contributed by atoms with Gasteiger partial charge in [-0.15, -0.1) is 0 Å². The van der Waals surface area contributed by atoms with Gasteiger partial charge in [-0.1, -0.05) is 27.7 Å². The number of hydrogen-bond acceptors (Lipinski definition) is 2. The van der Waals surface area contributed by atoms with Gasteiger partial charge in [0, 0.05) is 12.3 Å². The van der Waals surface area contributed by atoms with Crippen molar-refractivity contribution >= 4 is 5.78 Å². The second-order valence-electron chi connectivity index (χ2n) is 4.71. The molecule has 0 heterocycles. The Morgan fingerprint density at radius 1 is 1.29 bits per heavy atom. The van der Waals surface area contributed by atoms with Crippen molar-refractivity contribution in [2.24, 2.45) is 23.5 Å². The van der Waals surface area contributed by atoms with E-state index in [1.165, 1.54) is 0 Å². The third-order valence-electron chi connectivity index (χ3n) is 2.79. The Kier molecular flexibility index (Phi) is 6.81. The molecule has 0 aromatic heterocycles. The lowest BCUT2D eigenvalue weighted by Crippen LogP contribution is -2.22. The zero-order valence-electron chi connectivity index (χ0n) is 10.0. The van der Waals surface area contributed by atoms with E-state index >= 15 is 0 Å². The summed E-state index contributed by atoms with van der Waals surface area (Å²) < 4.78 is 0. The van der Waals surface area contributed by atoms with Crippen molar-refractivity contribution < 1.29 is 4.79 Å². The molecule has 0 saturated carbocycles. The molecule has 0 fully saturated rings. The summed E-state index contributed by atoms with van der Waals surface area (Å²) in [6.45, 7) is 9.06. The molecule has 84 valence electrons. The monoisotopic (exact) mass is 199 g/mol. The van der Waals surface area contributed by atoms with E-state index in [2.05, 4.69) is 20.8 Å². The molecule has 14 heavy (non-hydrogen) atoms. The third kappa shape index (κ3) is 5.38. The smallest absolute Gasteiger partial charge is 0.136 e. The van der Waals surface area contributed by atoms with E-state index in [4.69, 9.17) is 5.73 Å².